The van der Waals surface area contributed by atoms with Gasteiger partial charge in [-0.2, -0.15) is 0 Å². The third kappa shape index (κ3) is 3.96. The number of oxazole rings is 1. The number of ether oxygens (including phenoxy) is 1. The minimum atomic E-state index is -0.306. The summed E-state index contributed by atoms with van der Waals surface area (Å²) in [5.74, 6) is 0.553. The number of nitrogens with one attached hydrogen (secondary N) is 1. The molecule has 1 N–H and O–H groups in total. The van der Waals surface area contributed by atoms with Crippen LogP contribution in [0.15, 0.2) is 75.6 Å². The van der Waals surface area contributed by atoms with Gasteiger partial charge in [-0.1, -0.05) is 41.9 Å². The van der Waals surface area contributed by atoms with Gasteiger partial charge in [-0.05, 0) is 75.6 Å². The number of anilines is 1. The predicted molar refractivity (Wildman–Crippen MR) is 135 cm³/mol. The molecule has 0 saturated heterocycles. The quantitative estimate of drug-likeness (QED) is 0.264. The number of nitrogens with zero attached hydrogens (tertiary/aromatic N) is 1. The van der Waals surface area contributed by atoms with Crippen molar-refractivity contribution in [2.45, 2.75) is 6.92 Å². The van der Waals surface area contributed by atoms with Crippen LogP contribution in [0.5, 0.6) is 5.75 Å². The Morgan fingerprint density at radius 1 is 1.09 bits per heavy atom. The summed E-state index contributed by atoms with van der Waals surface area (Å²) in [5.41, 5.74) is 4.08. The van der Waals surface area contributed by atoms with Gasteiger partial charge in [0.05, 0.1) is 27.7 Å². The van der Waals surface area contributed by atoms with Crippen LogP contribution >= 0.6 is 27.5 Å². The smallest absolute Gasteiger partial charge is 0.259 e. The van der Waals surface area contributed by atoms with E-state index in [9.17, 15) is 4.79 Å². The van der Waals surface area contributed by atoms with Gasteiger partial charge in [-0.3, -0.25) is 4.79 Å². The SMILES string of the molecule is COc1c(C(=O)Nc2ccc(Cl)c(-c3nc4cc(C)ccc4o3)c2)cc2ccccc2c1Br. The van der Waals surface area contributed by atoms with Gasteiger partial charge in [-0.15, -0.1) is 0 Å². The summed E-state index contributed by atoms with van der Waals surface area (Å²) in [4.78, 5) is 17.8. The molecule has 0 saturated carbocycles. The largest absolute Gasteiger partial charge is 0.495 e. The molecule has 1 aromatic heterocycles. The summed E-state index contributed by atoms with van der Waals surface area (Å²) < 4.78 is 12.2. The third-order valence-electron chi connectivity index (χ3n) is 5.39. The molecule has 0 atom stereocenters. The van der Waals surface area contributed by atoms with Crippen LogP contribution in [-0.4, -0.2) is 18.0 Å². The first kappa shape index (κ1) is 21.5. The predicted octanol–water partition coefficient (Wildman–Crippen LogP) is 7.63. The molecule has 1 heterocycles. The highest BCUT2D eigenvalue weighted by atomic mass is 79.9. The number of aromatic nitrogens is 1. The van der Waals surface area contributed by atoms with Crippen molar-refractivity contribution in [3.63, 3.8) is 0 Å². The first-order valence-electron chi connectivity index (χ1n) is 10.2. The van der Waals surface area contributed by atoms with E-state index in [-0.39, 0.29) is 5.91 Å². The molecule has 5 rings (SSSR count). The molecule has 4 aromatic carbocycles. The molecule has 5 nitrogen and oxygen atoms in total. The minimum absolute atomic E-state index is 0.306. The first-order chi connectivity index (χ1) is 15.9. The van der Waals surface area contributed by atoms with Crippen LogP contribution in [0.2, 0.25) is 5.02 Å². The summed E-state index contributed by atoms with van der Waals surface area (Å²) in [6.07, 6.45) is 0. The lowest BCUT2D eigenvalue weighted by molar-refractivity contribution is 0.102. The van der Waals surface area contributed by atoms with Gasteiger partial charge in [0, 0.05) is 5.69 Å². The van der Waals surface area contributed by atoms with E-state index >= 15 is 0 Å². The number of halogens is 2. The van der Waals surface area contributed by atoms with Crippen molar-refractivity contribution in [1.29, 1.82) is 0 Å². The van der Waals surface area contributed by atoms with Gasteiger partial charge in [0.25, 0.3) is 5.91 Å². The minimum Gasteiger partial charge on any atom is -0.495 e. The zero-order chi connectivity index (χ0) is 23.1. The molecule has 0 aliphatic carbocycles. The average molecular weight is 522 g/mol. The highest BCUT2D eigenvalue weighted by molar-refractivity contribution is 9.10. The summed E-state index contributed by atoms with van der Waals surface area (Å²) in [6, 6.07) is 20.6. The van der Waals surface area contributed by atoms with Crippen molar-refractivity contribution in [3.05, 3.63) is 87.4 Å². The molecule has 0 fully saturated rings. The lowest BCUT2D eigenvalue weighted by Gasteiger charge is -2.14. The van der Waals surface area contributed by atoms with Crippen LogP contribution in [0.3, 0.4) is 0 Å². The van der Waals surface area contributed by atoms with Gasteiger partial charge in [0.1, 0.15) is 11.3 Å². The van der Waals surface area contributed by atoms with E-state index in [1.807, 2.05) is 55.5 Å². The van der Waals surface area contributed by atoms with E-state index in [0.29, 0.717) is 39.1 Å². The van der Waals surface area contributed by atoms with Gasteiger partial charge in [-0.25, -0.2) is 4.98 Å². The number of carbonyl (C=O) groups is 1. The summed E-state index contributed by atoms with van der Waals surface area (Å²) in [7, 11) is 1.54. The number of amides is 1. The molecule has 0 bridgehead atoms. The Bertz CT molecular complexity index is 1540. The lowest BCUT2D eigenvalue weighted by atomic mass is 10.0. The number of carbonyl (C=O) groups excluding carboxylic acids is 1. The molecule has 5 aromatic rings. The third-order valence-corrected chi connectivity index (χ3v) is 6.50. The molecular formula is C26H18BrClN2O3. The van der Waals surface area contributed by atoms with E-state index in [4.69, 9.17) is 20.8 Å². The molecule has 1 amide bonds. The molecule has 0 spiro atoms. The monoisotopic (exact) mass is 520 g/mol. The van der Waals surface area contributed by atoms with E-state index < -0.39 is 0 Å². The zero-order valence-electron chi connectivity index (χ0n) is 17.8. The Labute approximate surface area is 203 Å². The van der Waals surface area contributed by atoms with Crippen LogP contribution in [-0.2, 0) is 0 Å². The molecule has 0 radical (unpaired) electrons. The first-order valence-corrected chi connectivity index (χ1v) is 11.4. The Morgan fingerprint density at radius 2 is 1.91 bits per heavy atom. The molecule has 33 heavy (non-hydrogen) atoms. The number of methoxy groups -OCH3 is 1. The number of hydrogen-bond donors (Lipinski definition) is 1. The van der Waals surface area contributed by atoms with Crippen LogP contribution < -0.4 is 10.1 Å². The number of fused-ring (bicyclic) bond motifs is 2. The highest BCUT2D eigenvalue weighted by Gasteiger charge is 2.19. The normalized spacial score (nSPS) is 11.2. The van der Waals surface area contributed by atoms with Crippen molar-refractivity contribution < 1.29 is 13.9 Å². The van der Waals surface area contributed by atoms with Crippen LogP contribution in [0.1, 0.15) is 15.9 Å². The van der Waals surface area contributed by atoms with E-state index in [2.05, 4.69) is 26.2 Å². The maximum absolute atomic E-state index is 13.2. The molecule has 7 heteroatoms. The van der Waals surface area contributed by atoms with Crippen molar-refractivity contribution in [1.82, 2.24) is 4.98 Å². The fourth-order valence-electron chi connectivity index (χ4n) is 3.77. The maximum Gasteiger partial charge on any atom is 0.259 e. The molecule has 0 unspecified atom stereocenters. The number of benzene rings is 4. The highest BCUT2D eigenvalue weighted by Crippen LogP contribution is 2.37. The summed E-state index contributed by atoms with van der Waals surface area (Å²) in [6.45, 7) is 2.00. The topological polar surface area (TPSA) is 64.4 Å². The second-order valence-corrected chi connectivity index (χ2v) is 8.83. The molecule has 0 aliphatic rings. The molecule has 0 aliphatic heterocycles. The molecular weight excluding hydrogens is 504 g/mol. The second-order valence-electron chi connectivity index (χ2n) is 7.63. The second kappa shape index (κ2) is 8.54. The van der Waals surface area contributed by atoms with Crippen molar-refractivity contribution >= 4 is 61.0 Å². The number of aryl methyl sites for hydroxylation is 1. The fourth-order valence-corrected chi connectivity index (χ4v) is 4.71. The number of rotatable bonds is 4. The van der Waals surface area contributed by atoms with Gasteiger partial charge in [0.2, 0.25) is 5.89 Å². The Balaban J connectivity index is 1.52. The van der Waals surface area contributed by atoms with E-state index in [0.717, 1.165) is 26.3 Å². The standard InChI is InChI=1S/C26H18BrClN2O3/c1-14-7-10-22-21(11-14)30-26(33-22)18-13-16(8-9-20(18)28)29-25(31)19-12-15-5-3-4-6-17(15)23(27)24(19)32-2/h3-13H,1-2H3,(H,29,31). The van der Waals surface area contributed by atoms with Crippen molar-refractivity contribution in [2.75, 3.05) is 12.4 Å². The average Bonchev–Trinajstić information content (AvgIpc) is 3.23. The van der Waals surface area contributed by atoms with Crippen molar-refractivity contribution in [2.24, 2.45) is 0 Å². The van der Waals surface area contributed by atoms with Crippen molar-refractivity contribution in [3.8, 4) is 17.2 Å². The van der Waals surface area contributed by atoms with Gasteiger partial charge >= 0.3 is 0 Å². The lowest BCUT2D eigenvalue weighted by Crippen LogP contribution is -2.13. The van der Waals surface area contributed by atoms with Crippen LogP contribution in [0.4, 0.5) is 5.69 Å². The Morgan fingerprint density at radius 3 is 2.73 bits per heavy atom. The Hall–Kier alpha value is -3.35. The fraction of sp³-hybridized carbons (Fsp3) is 0.0769. The van der Waals surface area contributed by atoms with Crippen LogP contribution in [0, 0.1) is 6.92 Å². The zero-order valence-corrected chi connectivity index (χ0v) is 20.1. The number of hydrogen-bond acceptors (Lipinski definition) is 4. The summed E-state index contributed by atoms with van der Waals surface area (Å²) in [5, 5.41) is 5.30. The van der Waals surface area contributed by atoms with E-state index in [1.165, 1.54) is 0 Å². The maximum atomic E-state index is 13.2. The van der Waals surface area contributed by atoms with Gasteiger partial charge < -0.3 is 14.5 Å². The molecule has 164 valence electrons. The van der Waals surface area contributed by atoms with Crippen LogP contribution in [0.25, 0.3) is 33.3 Å². The van der Waals surface area contributed by atoms with E-state index in [1.54, 1.807) is 25.3 Å². The van der Waals surface area contributed by atoms with Gasteiger partial charge in [0.15, 0.2) is 5.58 Å². The Kier molecular flexibility index (Phi) is 5.56. The summed E-state index contributed by atoms with van der Waals surface area (Å²) >= 11 is 10.0.